The van der Waals surface area contributed by atoms with Gasteiger partial charge in [0.05, 0.1) is 0 Å². The van der Waals surface area contributed by atoms with Gasteiger partial charge in [0.25, 0.3) is 0 Å². The predicted molar refractivity (Wildman–Crippen MR) is 29.0 cm³/mol. The SMILES string of the molecule is C/C=C\N=C/C. The van der Waals surface area contributed by atoms with Crippen LogP contribution in [0, 0.1) is 0 Å². The number of allylic oxidation sites excluding steroid dienone is 1. The monoisotopic (exact) mass is 83.1 g/mol. The highest BCUT2D eigenvalue weighted by Crippen LogP contribution is 1.67. The molecule has 0 aromatic carbocycles. The van der Waals surface area contributed by atoms with E-state index in [0.717, 1.165) is 0 Å². The number of aliphatic imine (C=N–C) groups is 1. The van der Waals surface area contributed by atoms with E-state index in [1.165, 1.54) is 0 Å². The second-order valence-corrected chi connectivity index (χ2v) is 0.890. The summed E-state index contributed by atoms with van der Waals surface area (Å²) in [6.07, 6.45) is 5.39. The van der Waals surface area contributed by atoms with Crippen molar-refractivity contribution in [3.8, 4) is 0 Å². The number of rotatable bonds is 1. The first kappa shape index (κ1) is 5.41. The van der Waals surface area contributed by atoms with Gasteiger partial charge in [0, 0.05) is 12.4 Å². The molecular formula is C5H9N. The van der Waals surface area contributed by atoms with E-state index in [9.17, 15) is 0 Å². The summed E-state index contributed by atoms with van der Waals surface area (Å²) in [6.45, 7) is 3.83. The fourth-order valence-electron chi connectivity index (χ4n) is 0.172. The standard InChI is InChI=1S/C5H9N/c1-3-5-6-4-2/h3-5H,1-2H3/b5-3-,6-4-. The van der Waals surface area contributed by atoms with E-state index in [0.29, 0.717) is 0 Å². The molecule has 1 nitrogen and oxygen atoms in total. The van der Waals surface area contributed by atoms with Gasteiger partial charge in [-0.3, -0.25) is 4.99 Å². The minimum Gasteiger partial charge on any atom is -0.270 e. The highest BCUT2D eigenvalue weighted by Gasteiger charge is 1.48. The maximum Gasteiger partial charge on any atom is 0.0221 e. The van der Waals surface area contributed by atoms with Crippen molar-refractivity contribution in [3.63, 3.8) is 0 Å². The number of nitrogens with zero attached hydrogens (tertiary/aromatic N) is 1. The third-order valence-corrected chi connectivity index (χ3v) is 0.384. The fraction of sp³-hybridized carbons (Fsp3) is 0.400. The van der Waals surface area contributed by atoms with Crippen LogP contribution < -0.4 is 0 Å². The second kappa shape index (κ2) is 4.41. The highest BCUT2D eigenvalue weighted by molar-refractivity contribution is 5.54. The van der Waals surface area contributed by atoms with E-state index in [-0.39, 0.29) is 0 Å². The Hall–Kier alpha value is -0.590. The van der Waals surface area contributed by atoms with E-state index in [1.807, 2.05) is 19.9 Å². The largest absolute Gasteiger partial charge is 0.270 e. The average Bonchev–Trinajstić information content (AvgIpc) is 1.61. The third kappa shape index (κ3) is 3.41. The Labute approximate surface area is 38.4 Å². The molecule has 0 amide bonds. The molecule has 0 aromatic heterocycles. The molecule has 0 saturated carbocycles. The fourth-order valence-corrected chi connectivity index (χ4v) is 0.172. The Morgan fingerprint density at radius 2 is 2.00 bits per heavy atom. The normalized spacial score (nSPS) is 11.7. The molecule has 6 heavy (non-hydrogen) atoms. The van der Waals surface area contributed by atoms with Crippen LogP contribution in [0.1, 0.15) is 13.8 Å². The van der Waals surface area contributed by atoms with Crippen LogP contribution in [0.25, 0.3) is 0 Å². The quantitative estimate of drug-likeness (QED) is 0.427. The van der Waals surface area contributed by atoms with Crippen molar-refractivity contribution in [2.24, 2.45) is 4.99 Å². The van der Waals surface area contributed by atoms with Crippen molar-refractivity contribution in [1.29, 1.82) is 0 Å². The van der Waals surface area contributed by atoms with Crippen LogP contribution in [0.15, 0.2) is 17.3 Å². The molecule has 0 fully saturated rings. The molecule has 0 radical (unpaired) electrons. The van der Waals surface area contributed by atoms with E-state index in [4.69, 9.17) is 0 Å². The van der Waals surface area contributed by atoms with Crippen molar-refractivity contribution in [1.82, 2.24) is 0 Å². The Balaban J connectivity index is 3.07. The summed E-state index contributed by atoms with van der Waals surface area (Å²) < 4.78 is 0. The molecule has 0 spiro atoms. The summed E-state index contributed by atoms with van der Waals surface area (Å²) in [5, 5.41) is 0. The van der Waals surface area contributed by atoms with Crippen molar-refractivity contribution < 1.29 is 0 Å². The summed E-state index contributed by atoms with van der Waals surface area (Å²) in [6, 6.07) is 0. The molecule has 0 rings (SSSR count). The molecule has 0 aliphatic carbocycles. The Kier molecular flexibility index (Phi) is 3.98. The van der Waals surface area contributed by atoms with E-state index >= 15 is 0 Å². The van der Waals surface area contributed by atoms with Crippen molar-refractivity contribution in [2.45, 2.75) is 13.8 Å². The van der Waals surface area contributed by atoms with Gasteiger partial charge in [0.2, 0.25) is 0 Å². The lowest BCUT2D eigenvalue weighted by Gasteiger charge is -1.64. The number of hydrogen-bond acceptors (Lipinski definition) is 1. The third-order valence-electron chi connectivity index (χ3n) is 0.384. The first-order chi connectivity index (χ1) is 2.91. The zero-order valence-corrected chi connectivity index (χ0v) is 4.18. The topological polar surface area (TPSA) is 12.4 Å². The van der Waals surface area contributed by atoms with Gasteiger partial charge in [0.1, 0.15) is 0 Å². The Morgan fingerprint density at radius 3 is 2.17 bits per heavy atom. The summed E-state index contributed by atoms with van der Waals surface area (Å²) in [4.78, 5) is 3.78. The zero-order valence-electron chi connectivity index (χ0n) is 4.18. The van der Waals surface area contributed by atoms with Gasteiger partial charge >= 0.3 is 0 Å². The van der Waals surface area contributed by atoms with Crippen LogP contribution in [0.2, 0.25) is 0 Å². The molecule has 0 bridgehead atoms. The molecule has 0 saturated heterocycles. The smallest absolute Gasteiger partial charge is 0.0221 e. The molecular weight excluding hydrogens is 74.1 g/mol. The van der Waals surface area contributed by atoms with Gasteiger partial charge in [-0.15, -0.1) is 0 Å². The summed E-state index contributed by atoms with van der Waals surface area (Å²) in [5.41, 5.74) is 0. The van der Waals surface area contributed by atoms with Gasteiger partial charge in [-0.2, -0.15) is 0 Å². The Morgan fingerprint density at radius 1 is 1.33 bits per heavy atom. The molecule has 0 N–H and O–H groups in total. The molecule has 0 unspecified atom stereocenters. The first-order valence-electron chi connectivity index (χ1n) is 2.00. The molecule has 0 aliphatic heterocycles. The molecule has 0 heterocycles. The Bertz CT molecular complexity index is 52.3. The second-order valence-electron chi connectivity index (χ2n) is 0.890. The lowest BCUT2D eigenvalue weighted by Crippen LogP contribution is -1.49. The lowest BCUT2D eigenvalue weighted by molar-refractivity contribution is 1.53. The molecule has 0 aromatic rings. The van der Waals surface area contributed by atoms with Gasteiger partial charge < -0.3 is 0 Å². The van der Waals surface area contributed by atoms with Crippen LogP contribution in [0.3, 0.4) is 0 Å². The first-order valence-corrected chi connectivity index (χ1v) is 2.00. The summed E-state index contributed by atoms with van der Waals surface area (Å²) in [7, 11) is 0. The lowest BCUT2D eigenvalue weighted by atomic mass is 10.7. The van der Waals surface area contributed by atoms with Crippen LogP contribution in [0.5, 0.6) is 0 Å². The molecule has 1 heteroatoms. The van der Waals surface area contributed by atoms with Crippen molar-refractivity contribution in [2.75, 3.05) is 0 Å². The highest BCUT2D eigenvalue weighted by atomic mass is 14.6. The molecule has 0 atom stereocenters. The molecule has 34 valence electrons. The van der Waals surface area contributed by atoms with Gasteiger partial charge in [0.15, 0.2) is 0 Å². The van der Waals surface area contributed by atoms with E-state index in [2.05, 4.69) is 4.99 Å². The average molecular weight is 83.1 g/mol. The summed E-state index contributed by atoms with van der Waals surface area (Å²) in [5.74, 6) is 0. The van der Waals surface area contributed by atoms with Crippen LogP contribution >= 0.6 is 0 Å². The van der Waals surface area contributed by atoms with Gasteiger partial charge in [-0.1, -0.05) is 6.08 Å². The van der Waals surface area contributed by atoms with E-state index in [1.54, 1.807) is 12.4 Å². The maximum absolute atomic E-state index is 3.78. The predicted octanol–water partition coefficient (Wildman–Crippen LogP) is 1.61. The number of hydrogen-bond donors (Lipinski definition) is 0. The minimum atomic E-state index is 1.75. The maximum atomic E-state index is 3.78. The van der Waals surface area contributed by atoms with Crippen molar-refractivity contribution >= 4 is 6.21 Å². The van der Waals surface area contributed by atoms with Crippen LogP contribution in [0.4, 0.5) is 0 Å². The zero-order chi connectivity index (χ0) is 4.83. The van der Waals surface area contributed by atoms with Crippen LogP contribution in [-0.2, 0) is 0 Å². The van der Waals surface area contributed by atoms with Gasteiger partial charge in [-0.05, 0) is 13.8 Å². The minimum absolute atomic E-state index is 1.75. The van der Waals surface area contributed by atoms with Gasteiger partial charge in [-0.25, -0.2) is 0 Å². The van der Waals surface area contributed by atoms with Crippen molar-refractivity contribution in [3.05, 3.63) is 12.3 Å². The van der Waals surface area contributed by atoms with E-state index < -0.39 is 0 Å². The van der Waals surface area contributed by atoms with Crippen LogP contribution in [-0.4, -0.2) is 6.21 Å². The summed E-state index contributed by atoms with van der Waals surface area (Å²) >= 11 is 0. The molecule has 0 aliphatic rings.